The summed E-state index contributed by atoms with van der Waals surface area (Å²) in [4.78, 5) is 20.2. The zero-order chi connectivity index (χ0) is 23.4. The molecule has 0 saturated carbocycles. The highest BCUT2D eigenvalue weighted by Gasteiger charge is 2.12. The van der Waals surface area contributed by atoms with Crippen LogP contribution >= 0.6 is 0 Å². The van der Waals surface area contributed by atoms with Gasteiger partial charge in [-0.15, -0.1) is 0 Å². The molecule has 1 amide bonds. The number of imidazole rings is 1. The highest BCUT2D eigenvalue weighted by atomic mass is 16.5. The lowest BCUT2D eigenvalue weighted by Crippen LogP contribution is -2.17. The number of aromatic amines is 1. The molecule has 8 heteroatoms. The van der Waals surface area contributed by atoms with E-state index in [4.69, 9.17) is 9.47 Å². The van der Waals surface area contributed by atoms with Crippen LogP contribution in [0.2, 0.25) is 0 Å². The van der Waals surface area contributed by atoms with E-state index in [0.29, 0.717) is 39.5 Å². The molecule has 0 atom stereocenters. The van der Waals surface area contributed by atoms with Crippen LogP contribution in [0.1, 0.15) is 29.8 Å². The number of carbonyl (C=O) groups excluding carboxylic acids is 1. The van der Waals surface area contributed by atoms with Gasteiger partial charge in [0.05, 0.1) is 36.0 Å². The van der Waals surface area contributed by atoms with Crippen LogP contribution in [0.5, 0.6) is 17.2 Å². The van der Waals surface area contributed by atoms with Gasteiger partial charge < -0.3 is 19.6 Å². The summed E-state index contributed by atoms with van der Waals surface area (Å²) < 4.78 is 11.1. The largest absolute Gasteiger partial charge is 0.507 e. The Morgan fingerprint density at radius 3 is 2.70 bits per heavy atom. The van der Waals surface area contributed by atoms with Crippen molar-refractivity contribution in [2.45, 2.75) is 20.0 Å². The second-order valence-corrected chi connectivity index (χ2v) is 7.61. The lowest BCUT2D eigenvalue weighted by atomic mass is 10.2. The average Bonchev–Trinajstić information content (AvgIpc) is 3.23. The van der Waals surface area contributed by atoms with E-state index in [1.54, 1.807) is 55.6 Å². The lowest BCUT2D eigenvalue weighted by Gasteiger charge is -2.13. The van der Waals surface area contributed by atoms with E-state index < -0.39 is 0 Å². The Labute approximate surface area is 190 Å². The fourth-order valence-corrected chi connectivity index (χ4v) is 3.30. The summed E-state index contributed by atoms with van der Waals surface area (Å²) in [5, 5.41) is 14.1. The van der Waals surface area contributed by atoms with Crippen molar-refractivity contribution in [1.82, 2.24) is 15.4 Å². The van der Waals surface area contributed by atoms with Crippen LogP contribution in [0, 0.1) is 0 Å². The second-order valence-electron chi connectivity index (χ2n) is 7.61. The predicted molar refractivity (Wildman–Crippen MR) is 127 cm³/mol. The van der Waals surface area contributed by atoms with Gasteiger partial charge in [0.2, 0.25) is 0 Å². The van der Waals surface area contributed by atoms with Crippen molar-refractivity contribution in [3.8, 4) is 28.6 Å². The van der Waals surface area contributed by atoms with E-state index in [1.165, 1.54) is 6.21 Å². The maximum atomic E-state index is 12.6. The molecule has 0 unspecified atom stereocenters. The van der Waals surface area contributed by atoms with E-state index in [0.717, 1.165) is 5.56 Å². The Hall–Kier alpha value is -4.33. The van der Waals surface area contributed by atoms with Crippen molar-refractivity contribution in [1.29, 1.82) is 0 Å². The van der Waals surface area contributed by atoms with E-state index in [9.17, 15) is 9.90 Å². The number of hydrazone groups is 1. The zero-order valence-electron chi connectivity index (χ0n) is 18.5. The first-order valence-corrected chi connectivity index (χ1v) is 10.4. The number of phenolic OH excluding ortho intramolecular Hbond substituents is 1. The summed E-state index contributed by atoms with van der Waals surface area (Å²) in [5.41, 5.74) is 5.65. The Bertz CT molecular complexity index is 1330. The van der Waals surface area contributed by atoms with Crippen LogP contribution in [-0.4, -0.2) is 40.4 Å². The molecule has 4 rings (SSSR count). The van der Waals surface area contributed by atoms with Crippen LogP contribution in [0.15, 0.2) is 65.8 Å². The number of methoxy groups -OCH3 is 1. The number of phenols is 1. The van der Waals surface area contributed by atoms with Gasteiger partial charge in [-0.05, 0) is 67.9 Å². The minimum Gasteiger partial charge on any atom is -0.507 e. The standard InChI is InChI=1S/C25H24N4O4/c1-15(2)33-22-11-8-16(12-23(22)32-3)14-26-29-25(31)17-9-10-19-20(13-17)28-24(27-19)18-6-4-5-7-21(18)30/h4-15,30H,1-3H3,(H,27,28)(H,29,31)/b26-14+. The van der Waals surface area contributed by atoms with E-state index in [-0.39, 0.29) is 17.8 Å². The topological polar surface area (TPSA) is 109 Å². The van der Waals surface area contributed by atoms with Crippen LogP contribution in [-0.2, 0) is 0 Å². The molecule has 3 aromatic carbocycles. The van der Waals surface area contributed by atoms with Crippen LogP contribution in [0.3, 0.4) is 0 Å². The highest BCUT2D eigenvalue weighted by molar-refractivity contribution is 5.98. The second kappa shape index (κ2) is 9.44. The molecule has 3 N–H and O–H groups in total. The number of fused-ring (bicyclic) bond motifs is 1. The average molecular weight is 444 g/mol. The van der Waals surface area contributed by atoms with E-state index >= 15 is 0 Å². The molecule has 0 aliphatic heterocycles. The quantitative estimate of drug-likeness (QED) is 0.287. The summed E-state index contributed by atoms with van der Waals surface area (Å²) in [6.45, 7) is 3.88. The number of nitrogens with zero attached hydrogens (tertiary/aromatic N) is 2. The van der Waals surface area contributed by atoms with Crippen molar-refractivity contribution in [2.75, 3.05) is 7.11 Å². The zero-order valence-corrected chi connectivity index (χ0v) is 18.5. The third-order valence-corrected chi connectivity index (χ3v) is 4.83. The Kier molecular flexibility index (Phi) is 6.26. The number of H-pyrrole nitrogens is 1. The molecular formula is C25H24N4O4. The Balaban J connectivity index is 1.48. The van der Waals surface area contributed by atoms with Crippen molar-refractivity contribution in [2.24, 2.45) is 5.10 Å². The molecule has 0 bridgehead atoms. The van der Waals surface area contributed by atoms with Gasteiger partial charge in [0.1, 0.15) is 11.6 Å². The SMILES string of the molecule is COc1cc(/C=N/NC(=O)c2ccc3nc(-c4ccccc4O)[nH]c3c2)ccc1OC(C)C. The molecule has 0 spiro atoms. The number of aromatic nitrogens is 2. The number of hydrogen-bond donors (Lipinski definition) is 3. The van der Waals surface area contributed by atoms with Crippen LogP contribution < -0.4 is 14.9 Å². The summed E-state index contributed by atoms with van der Waals surface area (Å²) in [6, 6.07) is 17.4. The highest BCUT2D eigenvalue weighted by Crippen LogP contribution is 2.29. The van der Waals surface area contributed by atoms with Crippen molar-refractivity contribution in [3.63, 3.8) is 0 Å². The summed E-state index contributed by atoms with van der Waals surface area (Å²) in [7, 11) is 1.57. The monoisotopic (exact) mass is 444 g/mol. The van der Waals surface area contributed by atoms with Crippen molar-refractivity contribution in [3.05, 3.63) is 71.8 Å². The number of ether oxygens (including phenoxy) is 2. The minimum absolute atomic E-state index is 0.0272. The van der Waals surface area contributed by atoms with Gasteiger partial charge in [0.15, 0.2) is 11.5 Å². The van der Waals surface area contributed by atoms with Gasteiger partial charge in [-0.3, -0.25) is 4.79 Å². The Morgan fingerprint density at radius 1 is 1.12 bits per heavy atom. The maximum absolute atomic E-state index is 12.6. The first-order valence-electron chi connectivity index (χ1n) is 10.4. The predicted octanol–water partition coefficient (Wildman–Crippen LogP) is 4.50. The van der Waals surface area contributed by atoms with Gasteiger partial charge in [-0.2, -0.15) is 5.10 Å². The molecule has 33 heavy (non-hydrogen) atoms. The molecule has 1 aromatic heterocycles. The summed E-state index contributed by atoms with van der Waals surface area (Å²) >= 11 is 0. The third-order valence-electron chi connectivity index (χ3n) is 4.83. The molecule has 0 aliphatic carbocycles. The number of carbonyl (C=O) groups is 1. The van der Waals surface area contributed by atoms with Gasteiger partial charge in [-0.25, -0.2) is 10.4 Å². The number of rotatable bonds is 7. The number of benzene rings is 3. The first kappa shape index (κ1) is 21.9. The smallest absolute Gasteiger partial charge is 0.271 e. The molecule has 8 nitrogen and oxygen atoms in total. The number of para-hydroxylation sites is 1. The molecule has 0 radical (unpaired) electrons. The fourth-order valence-electron chi connectivity index (χ4n) is 3.30. The van der Waals surface area contributed by atoms with Gasteiger partial charge in [0, 0.05) is 5.56 Å². The molecule has 0 fully saturated rings. The number of amides is 1. The normalized spacial score (nSPS) is 11.3. The first-order chi connectivity index (χ1) is 15.9. The van der Waals surface area contributed by atoms with E-state index in [1.807, 2.05) is 26.0 Å². The van der Waals surface area contributed by atoms with Crippen molar-refractivity contribution < 1.29 is 19.4 Å². The van der Waals surface area contributed by atoms with Gasteiger partial charge in [-0.1, -0.05) is 12.1 Å². The number of nitrogens with one attached hydrogen (secondary N) is 2. The molecule has 0 aliphatic rings. The number of hydrogen-bond acceptors (Lipinski definition) is 6. The van der Waals surface area contributed by atoms with Gasteiger partial charge >= 0.3 is 0 Å². The van der Waals surface area contributed by atoms with Crippen LogP contribution in [0.4, 0.5) is 0 Å². The summed E-state index contributed by atoms with van der Waals surface area (Å²) in [6.07, 6.45) is 1.56. The van der Waals surface area contributed by atoms with Crippen LogP contribution in [0.25, 0.3) is 22.4 Å². The van der Waals surface area contributed by atoms with E-state index in [2.05, 4.69) is 20.5 Å². The maximum Gasteiger partial charge on any atom is 0.271 e. The molecular weight excluding hydrogens is 420 g/mol. The molecule has 4 aromatic rings. The Morgan fingerprint density at radius 2 is 1.94 bits per heavy atom. The molecule has 1 heterocycles. The molecule has 0 saturated heterocycles. The van der Waals surface area contributed by atoms with Gasteiger partial charge in [0.25, 0.3) is 5.91 Å². The third kappa shape index (κ3) is 4.95. The van der Waals surface area contributed by atoms with Crippen molar-refractivity contribution >= 4 is 23.2 Å². The lowest BCUT2D eigenvalue weighted by molar-refractivity contribution is 0.0955. The fraction of sp³-hybridized carbons (Fsp3) is 0.160. The summed E-state index contributed by atoms with van der Waals surface area (Å²) in [5.74, 6) is 1.52. The molecule has 168 valence electrons. The minimum atomic E-state index is -0.362. The number of aromatic hydroxyl groups is 1.